The SMILES string of the molecule is Cc1ccc(N(C(=O)C(F)(F)F)C(C(=O)NC2CCCC2)c2cccs2)cc1Cl. The van der Waals surface area contributed by atoms with E-state index in [4.69, 9.17) is 11.6 Å². The topological polar surface area (TPSA) is 49.4 Å². The van der Waals surface area contributed by atoms with E-state index in [0.717, 1.165) is 37.0 Å². The molecule has 2 aromatic rings. The molecule has 1 unspecified atom stereocenters. The van der Waals surface area contributed by atoms with Crippen molar-refractivity contribution in [3.05, 3.63) is 51.2 Å². The molecule has 1 aromatic carbocycles. The van der Waals surface area contributed by atoms with Gasteiger partial charge in [0.25, 0.3) is 0 Å². The Morgan fingerprint density at radius 1 is 1.24 bits per heavy atom. The number of rotatable bonds is 5. The zero-order chi connectivity index (χ0) is 21.2. The Hall–Kier alpha value is -2.06. The van der Waals surface area contributed by atoms with Crippen LogP contribution in [0.5, 0.6) is 0 Å². The fourth-order valence-electron chi connectivity index (χ4n) is 3.42. The molecule has 9 heteroatoms. The summed E-state index contributed by atoms with van der Waals surface area (Å²) in [7, 11) is 0. The zero-order valence-corrected chi connectivity index (χ0v) is 17.2. The normalized spacial score (nSPS) is 15.9. The maximum atomic E-state index is 13.5. The summed E-state index contributed by atoms with van der Waals surface area (Å²) in [6.07, 6.45) is -1.71. The number of nitrogens with zero attached hydrogens (tertiary/aromatic N) is 1. The molecule has 0 bridgehead atoms. The van der Waals surface area contributed by atoms with Gasteiger partial charge in [-0.2, -0.15) is 13.2 Å². The molecule has 0 saturated heterocycles. The molecular formula is C20H20ClF3N2O2S. The van der Waals surface area contributed by atoms with E-state index in [1.54, 1.807) is 24.4 Å². The van der Waals surface area contributed by atoms with Crippen molar-refractivity contribution >= 4 is 40.4 Å². The molecule has 4 nitrogen and oxygen atoms in total. The number of benzene rings is 1. The summed E-state index contributed by atoms with van der Waals surface area (Å²) in [6.45, 7) is 1.70. The van der Waals surface area contributed by atoms with Crippen LogP contribution in [0, 0.1) is 6.92 Å². The molecular weight excluding hydrogens is 425 g/mol. The molecule has 1 N–H and O–H groups in total. The summed E-state index contributed by atoms with van der Waals surface area (Å²) in [5.41, 5.74) is 0.570. The van der Waals surface area contributed by atoms with Crippen molar-refractivity contribution in [2.24, 2.45) is 0 Å². The van der Waals surface area contributed by atoms with E-state index in [-0.39, 0.29) is 16.8 Å². The highest BCUT2D eigenvalue weighted by Gasteiger charge is 2.48. The van der Waals surface area contributed by atoms with Crippen LogP contribution in [0.4, 0.5) is 18.9 Å². The number of nitrogens with one attached hydrogen (secondary N) is 1. The Balaban J connectivity index is 2.07. The molecule has 1 aliphatic carbocycles. The minimum Gasteiger partial charge on any atom is -0.351 e. The Bertz CT molecular complexity index is 880. The number of halogens is 4. The number of hydrogen-bond donors (Lipinski definition) is 1. The number of thiophene rings is 1. The van der Waals surface area contributed by atoms with Gasteiger partial charge in [-0.15, -0.1) is 11.3 Å². The van der Waals surface area contributed by atoms with E-state index < -0.39 is 24.0 Å². The van der Waals surface area contributed by atoms with Gasteiger partial charge in [-0.1, -0.05) is 36.6 Å². The lowest BCUT2D eigenvalue weighted by molar-refractivity contribution is -0.171. The molecule has 1 heterocycles. The van der Waals surface area contributed by atoms with Gasteiger partial charge in [-0.3, -0.25) is 14.5 Å². The first-order valence-corrected chi connectivity index (χ1v) is 10.4. The molecule has 1 fully saturated rings. The lowest BCUT2D eigenvalue weighted by Crippen LogP contribution is -2.50. The van der Waals surface area contributed by atoms with Gasteiger partial charge in [0.1, 0.15) is 0 Å². The Labute approximate surface area is 175 Å². The predicted molar refractivity (Wildman–Crippen MR) is 107 cm³/mol. The van der Waals surface area contributed by atoms with Crippen LogP contribution < -0.4 is 10.2 Å². The van der Waals surface area contributed by atoms with Crippen molar-refractivity contribution in [1.82, 2.24) is 5.32 Å². The number of amides is 2. The Morgan fingerprint density at radius 3 is 2.48 bits per heavy atom. The maximum absolute atomic E-state index is 13.5. The van der Waals surface area contributed by atoms with E-state index in [1.807, 2.05) is 0 Å². The van der Waals surface area contributed by atoms with Crippen molar-refractivity contribution in [3.63, 3.8) is 0 Å². The average molecular weight is 445 g/mol. The van der Waals surface area contributed by atoms with E-state index in [9.17, 15) is 22.8 Å². The van der Waals surface area contributed by atoms with Gasteiger partial charge >= 0.3 is 12.1 Å². The van der Waals surface area contributed by atoms with Crippen LogP contribution in [-0.4, -0.2) is 24.0 Å². The lowest BCUT2D eigenvalue weighted by atomic mass is 10.1. The summed E-state index contributed by atoms with van der Waals surface area (Å²) in [5, 5.41) is 4.69. The van der Waals surface area contributed by atoms with Crippen molar-refractivity contribution in [2.75, 3.05) is 4.90 Å². The van der Waals surface area contributed by atoms with Crippen LogP contribution in [0.1, 0.15) is 42.2 Å². The fraction of sp³-hybridized carbons (Fsp3) is 0.400. The number of hydrogen-bond acceptors (Lipinski definition) is 3. The van der Waals surface area contributed by atoms with Crippen molar-refractivity contribution in [3.8, 4) is 0 Å². The van der Waals surface area contributed by atoms with Crippen LogP contribution in [0.25, 0.3) is 0 Å². The molecule has 3 rings (SSSR count). The summed E-state index contributed by atoms with van der Waals surface area (Å²) in [4.78, 5) is 26.4. The van der Waals surface area contributed by atoms with Gasteiger partial charge < -0.3 is 5.32 Å². The highest BCUT2D eigenvalue weighted by molar-refractivity contribution is 7.10. The van der Waals surface area contributed by atoms with Crippen LogP contribution in [0.3, 0.4) is 0 Å². The predicted octanol–water partition coefficient (Wildman–Crippen LogP) is 5.41. The van der Waals surface area contributed by atoms with Gasteiger partial charge in [0.15, 0.2) is 6.04 Å². The smallest absolute Gasteiger partial charge is 0.351 e. The van der Waals surface area contributed by atoms with E-state index in [2.05, 4.69) is 5.32 Å². The molecule has 1 aliphatic rings. The Kier molecular flexibility index (Phi) is 6.53. The summed E-state index contributed by atoms with van der Waals surface area (Å²) < 4.78 is 40.4. The second-order valence-corrected chi connectivity index (χ2v) is 8.40. The second-order valence-electron chi connectivity index (χ2n) is 7.01. The van der Waals surface area contributed by atoms with Crippen molar-refractivity contribution in [2.45, 2.75) is 50.9 Å². The molecule has 1 atom stereocenters. The molecule has 1 aromatic heterocycles. The fourth-order valence-corrected chi connectivity index (χ4v) is 4.41. The third kappa shape index (κ3) is 4.93. The first-order valence-electron chi connectivity index (χ1n) is 9.19. The largest absolute Gasteiger partial charge is 0.471 e. The lowest BCUT2D eigenvalue weighted by Gasteiger charge is -2.32. The zero-order valence-electron chi connectivity index (χ0n) is 15.6. The standard InChI is InChI=1S/C20H20ClF3N2O2S/c1-12-8-9-14(11-15(12)21)26(19(28)20(22,23)24)17(16-7-4-10-29-16)18(27)25-13-5-2-3-6-13/h4,7-11,13,17H,2-3,5-6H2,1H3,(H,25,27). The molecule has 156 valence electrons. The molecule has 1 saturated carbocycles. The first-order chi connectivity index (χ1) is 13.7. The van der Waals surface area contributed by atoms with Gasteiger partial charge in [0.05, 0.1) is 0 Å². The third-order valence-corrected chi connectivity index (χ3v) is 6.25. The molecule has 0 spiro atoms. The van der Waals surface area contributed by atoms with E-state index in [0.29, 0.717) is 15.3 Å². The number of aryl methyl sites for hydroxylation is 1. The summed E-state index contributed by atoms with van der Waals surface area (Å²) in [6, 6.07) is 5.81. The third-order valence-electron chi connectivity index (χ3n) is 4.92. The summed E-state index contributed by atoms with van der Waals surface area (Å²) in [5.74, 6) is -2.74. The van der Waals surface area contributed by atoms with Crippen LogP contribution in [-0.2, 0) is 9.59 Å². The number of carbonyl (C=O) groups is 2. The number of anilines is 1. The average Bonchev–Trinajstić information content (AvgIpc) is 3.34. The minimum absolute atomic E-state index is 0.0807. The van der Waals surface area contributed by atoms with Gasteiger partial charge in [0.2, 0.25) is 5.91 Å². The van der Waals surface area contributed by atoms with Gasteiger partial charge in [-0.05, 0) is 48.9 Å². The van der Waals surface area contributed by atoms with Gasteiger partial charge in [0, 0.05) is 21.6 Å². The molecule has 0 aliphatic heterocycles. The molecule has 29 heavy (non-hydrogen) atoms. The van der Waals surface area contributed by atoms with E-state index in [1.165, 1.54) is 18.2 Å². The van der Waals surface area contributed by atoms with Crippen molar-refractivity contribution in [1.29, 1.82) is 0 Å². The van der Waals surface area contributed by atoms with E-state index >= 15 is 0 Å². The van der Waals surface area contributed by atoms with Crippen LogP contribution in [0.2, 0.25) is 5.02 Å². The number of alkyl halides is 3. The minimum atomic E-state index is -5.15. The van der Waals surface area contributed by atoms with Crippen LogP contribution in [0.15, 0.2) is 35.7 Å². The monoisotopic (exact) mass is 444 g/mol. The number of carbonyl (C=O) groups excluding carboxylic acids is 2. The quantitative estimate of drug-likeness (QED) is 0.670. The highest BCUT2D eigenvalue weighted by Crippen LogP contribution is 2.36. The second kappa shape index (κ2) is 8.75. The summed E-state index contributed by atoms with van der Waals surface area (Å²) >= 11 is 7.23. The maximum Gasteiger partial charge on any atom is 0.471 e. The highest BCUT2D eigenvalue weighted by atomic mass is 35.5. The molecule has 2 amide bonds. The Morgan fingerprint density at radius 2 is 1.93 bits per heavy atom. The van der Waals surface area contributed by atoms with Crippen LogP contribution >= 0.6 is 22.9 Å². The first kappa shape index (κ1) is 21.6. The van der Waals surface area contributed by atoms with Crippen molar-refractivity contribution < 1.29 is 22.8 Å². The molecule has 0 radical (unpaired) electrons. The van der Waals surface area contributed by atoms with Gasteiger partial charge in [-0.25, -0.2) is 0 Å².